The monoisotopic (exact) mass is 259 g/mol. The van der Waals surface area contributed by atoms with Crippen LogP contribution in [0.1, 0.15) is 68.9 Å². The molecule has 2 heteroatoms. The maximum absolute atomic E-state index is 13.6. The van der Waals surface area contributed by atoms with E-state index in [-0.39, 0.29) is 11.4 Å². The lowest BCUT2D eigenvalue weighted by atomic mass is 9.77. The van der Waals surface area contributed by atoms with Crippen LogP contribution in [0, 0.1) is 23.1 Å². The lowest BCUT2D eigenvalue weighted by Crippen LogP contribution is -2.13. The van der Waals surface area contributed by atoms with E-state index in [0.717, 1.165) is 11.5 Å². The summed E-state index contributed by atoms with van der Waals surface area (Å²) in [7, 11) is 0. The summed E-state index contributed by atoms with van der Waals surface area (Å²) in [5.41, 5.74) is 1.23. The van der Waals surface area contributed by atoms with Gasteiger partial charge in [0, 0.05) is 0 Å². The molecule has 1 aliphatic carbocycles. The van der Waals surface area contributed by atoms with Crippen molar-refractivity contribution in [3.63, 3.8) is 0 Å². The molecule has 1 saturated carbocycles. The lowest BCUT2D eigenvalue weighted by molar-refractivity contribution is 0.304. The zero-order chi connectivity index (χ0) is 13.7. The molecule has 2 rings (SSSR count). The highest BCUT2D eigenvalue weighted by Crippen LogP contribution is 2.37. The van der Waals surface area contributed by atoms with Crippen molar-refractivity contribution in [2.24, 2.45) is 5.92 Å². The first-order chi connectivity index (χ1) is 9.24. The Balaban J connectivity index is 1.94. The maximum Gasteiger partial charge on any atom is 0.141 e. The van der Waals surface area contributed by atoms with Crippen LogP contribution in [-0.2, 0) is 0 Å². The molecule has 1 aliphatic rings. The SMILES string of the molecule is CCCC[C@H]1CC[C@H](c2ccc(C#N)c(F)c2)CC1. The Labute approximate surface area is 115 Å². The number of benzene rings is 1. The molecule has 19 heavy (non-hydrogen) atoms. The zero-order valence-electron chi connectivity index (χ0n) is 11.7. The minimum atomic E-state index is -0.367. The minimum absolute atomic E-state index is 0.153. The van der Waals surface area contributed by atoms with Gasteiger partial charge in [0.2, 0.25) is 0 Å². The highest BCUT2D eigenvalue weighted by atomic mass is 19.1. The molecule has 0 atom stereocenters. The zero-order valence-corrected chi connectivity index (χ0v) is 11.7. The van der Waals surface area contributed by atoms with Gasteiger partial charge in [0.1, 0.15) is 11.9 Å². The second-order valence-corrected chi connectivity index (χ2v) is 5.71. The van der Waals surface area contributed by atoms with Gasteiger partial charge in [-0.05, 0) is 55.2 Å². The molecular formula is C17H22FN. The van der Waals surface area contributed by atoms with E-state index in [1.165, 1.54) is 44.9 Å². The first-order valence-corrected chi connectivity index (χ1v) is 7.44. The third-order valence-electron chi connectivity index (χ3n) is 4.40. The molecular weight excluding hydrogens is 237 g/mol. The second-order valence-electron chi connectivity index (χ2n) is 5.71. The first kappa shape index (κ1) is 14.1. The van der Waals surface area contributed by atoms with Crippen LogP contribution >= 0.6 is 0 Å². The molecule has 0 aliphatic heterocycles. The van der Waals surface area contributed by atoms with Crippen molar-refractivity contribution in [3.05, 3.63) is 35.1 Å². The van der Waals surface area contributed by atoms with Gasteiger partial charge in [-0.1, -0.05) is 32.3 Å². The van der Waals surface area contributed by atoms with E-state index in [1.54, 1.807) is 12.1 Å². The van der Waals surface area contributed by atoms with Crippen molar-refractivity contribution in [2.75, 3.05) is 0 Å². The van der Waals surface area contributed by atoms with Gasteiger partial charge in [0.05, 0.1) is 5.56 Å². The van der Waals surface area contributed by atoms with E-state index < -0.39 is 0 Å². The molecule has 102 valence electrons. The predicted molar refractivity (Wildman–Crippen MR) is 75.3 cm³/mol. The minimum Gasteiger partial charge on any atom is -0.206 e. The van der Waals surface area contributed by atoms with E-state index in [0.29, 0.717) is 5.92 Å². The molecule has 1 nitrogen and oxygen atoms in total. The molecule has 1 aromatic rings. The molecule has 0 spiro atoms. The summed E-state index contributed by atoms with van der Waals surface area (Å²) in [6.07, 6.45) is 8.84. The van der Waals surface area contributed by atoms with Crippen molar-refractivity contribution in [3.8, 4) is 6.07 Å². The Morgan fingerprint density at radius 3 is 2.58 bits per heavy atom. The lowest BCUT2D eigenvalue weighted by Gasteiger charge is -2.28. The molecule has 1 aromatic carbocycles. The van der Waals surface area contributed by atoms with Gasteiger partial charge in [-0.2, -0.15) is 5.26 Å². The van der Waals surface area contributed by atoms with Crippen molar-refractivity contribution in [2.45, 2.75) is 57.8 Å². The fraction of sp³-hybridized carbons (Fsp3) is 0.588. The molecule has 0 N–H and O–H groups in total. The summed E-state index contributed by atoms with van der Waals surface area (Å²) in [5.74, 6) is 0.993. The van der Waals surface area contributed by atoms with Gasteiger partial charge in [-0.25, -0.2) is 4.39 Å². The fourth-order valence-electron chi connectivity index (χ4n) is 3.15. The molecule has 0 saturated heterocycles. The van der Waals surface area contributed by atoms with Crippen LogP contribution in [0.25, 0.3) is 0 Å². The average Bonchev–Trinajstić information content (AvgIpc) is 2.45. The molecule has 0 aromatic heterocycles. The van der Waals surface area contributed by atoms with Crippen LogP contribution in [-0.4, -0.2) is 0 Å². The van der Waals surface area contributed by atoms with Gasteiger partial charge < -0.3 is 0 Å². The van der Waals surface area contributed by atoms with Crippen LogP contribution in [0.3, 0.4) is 0 Å². The third-order valence-corrected chi connectivity index (χ3v) is 4.40. The van der Waals surface area contributed by atoms with Crippen LogP contribution in [0.5, 0.6) is 0 Å². The van der Waals surface area contributed by atoms with E-state index >= 15 is 0 Å². The average molecular weight is 259 g/mol. The van der Waals surface area contributed by atoms with Crippen LogP contribution < -0.4 is 0 Å². The normalized spacial score (nSPS) is 23.0. The largest absolute Gasteiger partial charge is 0.206 e. The van der Waals surface area contributed by atoms with Gasteiger partial charge >= 0.3 is 0 Å². The molecule has 0 radical (unpaired) electrons. The Morgan fingerprint density at radius 1 is 1.26 bits per heavy atom. The van der Waals surface area contributed by atoms with Crippen molar-refractivity contribution < 1.29 is 4.39 Å². The molecule has 0 heterocycles. The van der Waals surface area contributed by atoms with E-state index in [2.05, 4.69) is 6.92 Å². The van der Waals surface area contributed by atoms with E-state index in [1.807, 2.05) is 12.1 Å². The van der Waals surface area contributed by atoms with Gasteiger partial charge in [-0.3, -0.25) is 0 Å². The van der Waals surface area contributed by atoms with E-state index in [4.69, 9.17) is 5.26 Å². The standard InChI is InChI=1S/C17H22FN/c1-2-3-4-13-5-7-14(8-6-13)15-9-10-16(12-19)17(18)11-15/h9-11,13-14H,2-8H2,1H3/t13-,14-. The highest BCUT2D eigenvalue weighted by Gasteiger charge is 2.22. The Morgan fingerprint density at radius 2 is 2.00 bits per heavy atom. The summed E-state index contributed by atoms with van der Waals surface area (Å²) in [5, 5.41) is 8.75. The number of hydrogen-bond acceptors (Lipinski definition) is 1. The summed E-state index contributed by atoms with van der Waals surface area (Å²) in [6, 6.07) is 6.99. The van der Waals surface area contributed by atoms with Gasteiger partial charge in [0.25, 0.3) is 0 Å². The number of nitriles is 1. The highest BCUT2D eigenvalue weighted by molar-refractivity contribution is 5.34. The number of unbranched alkanes of at least 4 members (excludes halogenated alkanes) is 1. The Kier molecular flexibility index (Phi) is 4.96. The quantitative estimate of drug-likeness (QED) is 0.732. The van der Waals surface area contributed by atoms with Crippen LogP contribution in [0.4, 0.5) is 4.39 Å². The van der Waals surface area contributed by atoms with Crippen LogP contribution in [0.2, 0.25) is 0 Å². The number of nitrogens with zero attached hydrogens (tertiary/aromatic N) is 1. The van der Waals surface area contributed by atoms with Crippen molar-refractivity contribution in [1.82, 2.24) is 0 Å². The van der Waals surface area contributed by atoms with Crippen molar-refractivity contribution >= 4 is 0 Å². The molecule has 0 bridgehead atoms. The predicted octanol–water partition coefficient (Wildman–Crippen LogP) is 5.16. The smallest absolute Gasteiger partial charge is 0.141 e. The summed E-state index contributed by atoms with van der Waals surface area (Å²) in [4.78, 5) is 0. The summed E-state index contributed by atoms with van der Waals surface area (Å²) < 4.78 is 13.6. The second kappa shape index (κ2) is 6.70. The number of halogens is 1. The first-order valence-electron chi connectivity index (χ1n) is 7.44. The number of rotatable bonds is 4. The Hall–Kier alpha value is -1.36. The van der Waals surface area contributed by atoms with Gasteiger partial charge in [0.15, 0.2) is 0 Å². The molecule has 0 amide bonds. The van der Waals surface area contributed by atoms with E-state index in [9.17, 15) is 4.39 Å². The van der Waals surface area contributed by atoms with Crippen LogP contribution in [0.15, 0.2) is 18.2 Å². The molecule has 1 fully saturated rings. The number of hydrogen-bond donors (Lipinski definition) is 0. The summed E-state index contributed by atoms with van der Waals surface area (Å²) >= 11 is 0. The topological polar surface area (TPSA) is 23.8 Å². The summed E-state index contributed by atoms with van der Waals surface area (Å²) in [6.45, 7) is 2.24. The third kappa shape index (κ3) is 3.56. The maximum atomic E-state index is 13.6. The molecule has 0 unspecified atom stereocenters. The van der Waals surface area contributed by atoms with Gasteiger partial charge in [-0.15, -0.1) is 0 Å². The Bertz CT molecular complexity index is 453. The fourth-order valence-corrected chi connectivity index (χ4v) is 3.15. The van der Waals surface area contributed by atoms with Crippen molar-refractivity contribution in [1.29, 1.82) is 5.26 Å².